The van der Waals surface area contributed by atoms with Crippen molar-refractivity contribution >= 4 is 35.6 Å². The number of nitrogens with one attached hydrogen (secondary N) is 2. The fraction of sp³-hybridized carbons (Fsp3) is 0.375. The molecule has 9 heteroatoms. The third kappa shape index (κ3) is 7.99. The van der Waals surface area contributed by atoms with Gasteiger partial charge in [0.25, 0.3) is 0 Å². The molecule has 7 nitrogen and oxygen atoms in total. The van der Waals surface area contributed by atoms with Gasteiger partial charge in [-0.2, -0.15) is 0 Å². The van der Waals surface area contributed by atoms with Crippen LogP contribution in [0.15, 0.2) is 53.5 Å². The van der Waals surface area contributed by atoms with E-state index in [9.17, 15) is 4.39 Å². The molecule has 0 bridgehead atoms. The zero-order valence-electron chi connectivity index (χ0n) is 19.7. The maximum absolute atomic E-state index is 13.9. The molecular formula is C24H33FIN7. The summed E-state index contributed by atoms with van der Waals surface area (Å²) in [6, 6.07) is 15.5. The molecular weight excluding hydrogens is 532 g/mol. The van der Waals surface area contributed by atoms with Crippen molar-refractivity contribution in [2.75, 3.05) is 25.0 Å². The van der Waals surface area contributed by atoms with Gasteiger partial charge in [-0.25, -0.2) is 9.38 Å². The second-order valence-corrected chi connectivity index (χ2v) is 7.86. The van der Waals surface area contributed by atoms with Crippen LogP contribution in [0.1, 0.15) is 29.2 Å². The molecule has 0 atom stereocenters. The number of hydrogen-bond acceptors (Lipinski definition) is 4. The van der Waals surface area contributed by atoms with Gasteiger partial charge in [0.15, 0.2) is 11.8 Å². The first kappa shape index (κ1) is 26.6. The molecule has 178 valence electrons. The summed E-state index contributed by atoms with van der Waals surface area (Å²) in [4.78, 5) is 6.87. The molecule has 33 heavy (non-hydrogen) atoms. The molecule has 0 radical (unpaired) electrons. The van der Waals surface area contributed by atoms with Crippen LogP contribution in [0.4, 0.5) is 10.1 Å². The van der Waals surface area contributed by atoms with Crippen LogP contribution in [0, 0.1) is 19.7 Å². The molecule has 0 aliphatic rings. The third-order valence-electron chi connectivity index (χ3n) is 5.41. The van der Waals surface area contributed by atoms with E-state index < -0.39 is 0 Å². The summed E-state index contributed by atoms with van der Waals surface area (Å²) in [5.41, 5.74) is 2.65. The van der Waals surface area contributed by atoms with Gasteiger partial charge in [0.05, 0.1) is 13.1 Å². The van der Waals surface area contributed by atoms with Crippen LogP contribution >= 0.6 is 24.0 Å². The Morgan fingerprint density at radius 3 is 2.52 bits per heavy atom. The van der Waals surface area contributed by atoms with Crippen LogP contribution in [0.2, 0.25) is 0 Å². The number of hydrogen-bond donors (Lipinski definition) is 2. The highest BCUT2D eigenvalue weighted by atomic mass is 127. The number of anilines is 1. The molecule has 1 aromatic heterocycles. The van der Waals surface area contributed by atoms with E-state index in [1.807, 2.05) is 42.8 Å². The number of para-hydroxylation sites is 1. The van der Waals surface area contributed by atoms with Gasteiger partial charge < -0.3 is 20.1 Å². The molecule has 0 amide bonds. The lowest BCUT2D eigenvalue weighted by Gasteiger charge is -2.19. The fourth-order valence-corrected chi connectivity index (χ4v) is 3.18. The number of halogens is 2. The standard InChI is InChI=1S/C24H32FN7.HI/c1-18-11-12-20(15-22(18)25)16-27-24(28-17-23-30-29-19(2)32(23)4)26-13-8-14-31(3)21-9-6-5-7-10-21;/h5-7,9-12,15H,8,13-14,16-17H2,1-4H3,(H2,26,27,28);1H. The number of guanidine groups is 1. The zero-order chi connectivity index (χ0) is 22.9. The van der Waals surface area contributed by atoms with E-state index in [2.05, 4.69) is 49.9 Å². The minimum absolute atomic E-state index is 0. The molecule has 0 saturated heterocycles. The highest BCUT2D eigenvalue weighted by Gasteiger charge is 2.07. The van der Waals surface area contributed by atoms with Gasteiger partial charge in [0, 0.05) is 32.9 Å². The summed E-state index contributed by atoms with van der Waals surface area (Å²) in [5.74, 6) is 2.13. The van der Waals surface area contributed by atoms with Crippen molar-refractivity contribution in [3.63, 3.8) is 0 Å². The molecule has 0 spiro atoms. The lowest BCUT2D eigenvalue weighted by molar-refractivity contribution is 0.616. The summed E-state index contributed by atoms with van der Waals surface area (Å²) >= 11 is 0. The highest BCUT2D eigenvalue weighted by Crippen LogP contribution is 2.11. The third-order valence-corrected chi connectivity index (χ3v) is 5.41. The zero-order valence-corrected chi connectivity index (χ0v) is 22.0. The van der Waals surface area contributed by atoms with Crippen molar-refractivity contribution in [1.29, 1.82) is 0 Å². The molecule has 3 rings (SSSR count). The van der Waals surface area contributed by atoms with Crippen molar-refractivity contribution in [2.45, 2.75) is 33.4 Å². The van der Waals surface area contributed by atoms with Crippen molar-refractivity contribution in [2.24, 2.45) is 12.0 Å². The van der Waals surface area contributed by atoms with Crippen LogP contribution in [0.25, 0.3) is 0 Å². The largest absolute Gasteiger partial charge is 0.375 e. The second kappa shape index (κ2) is 13.1. The molecule has 0 aliphatic heterocycles. The first-order chi connectivity index (χ1) is 15.4. The molecule has 0 aliphatic carbocycles. The predicted molar refractivity (Wildman–Crippen MR) is 143 cm³/mol. The topological polar surface area (TPSA) is 70.4 Å². The quantitative estimate of drug-likeness (QED) is 0.178. The van der Waals surface area contributed by atoms with Gasteiger partial charge in [-0.3, -0.25) is 0 Å². The van der Waals surface area contributed by atoms with Crippen molar-refractivity contribution in [1.82, 2.24) is 25.4 Å². The van der Waals surface area contributed by atoms with Crippen molar-refractivity contribution < 1.29 is 4.39 Å². The Labute approximate surface area is 212 Å². The molecule has 3 aromatic rings. The first-order valence-corrected chi connectivity index (χ1v) is 10.8. The highest BCUT2D eigenvalue weighted by molar-refractivity contribution is 14.0. The monoisotopic (exact) mass is 565 g/mol. The Bertz CT molecular complexity index is 1040. The van der Waals surface area contributed by atoms with Crippen LogP contribution in [0.5, 0.6) is 0 Å². The smallest absolute Gasteiger partial charge is 0.191 e. The van der Waals surface area contributed by atoms with Crippen LogP contribution in [-0.2, 0) is 20.1 Å². The van der Waals surface area contributed by atoms with E-state index in [1.165, 1.54) is 11.8 Å². The molecule has 0 saturated carbocycles. The Morgan fingerprint density at radius 2 is 1.85 bits per heavy atom. The summed E-state index contributed by atoms with van der Waals surface area (Å²) in [6.45, 7) is 6.22. The molecule has 2 aromatic carbocycles. The summed E-state index contributed by atoms with van der Waals surface area (Å²) < 4.78 is 15.8. The van der Waals surface area contributed by atoms with E-state index in [0.717, 1.165) is 36.7 Å². The van der Waals surface area contributed by atoms with Crippen LogP contribution in [-0.4, -0.2) is 40.9 Å². The van der Waals surface area contributed by atoms with E-state index >= 15 is 0 Å². The Hall–Kier alpha value is -2.69. The van der Waals surface area contributed by atoms with Crippen LogP contribution in [0.3, 0.4) is 0 Å². The SMILES string of the molecule is Cc1ccc(CN=C(NCCCN(C)c2ccccc2)NCc2nnc(C)n2C)cc1F.I. The van der Waals surface area contributed by atoms with Crippen molar-refractivity contribution in [3.05, 3.63) is 77.1 Å². The van der Waals surface area contributed by atoms with Gasteiger partial charge in [-0.05, 0) is 49.6 Å². The number of nitrogens with zero attached hydrogens (tertiary/aromatic N) is 5. The van der Waals surface area contributed by atoms with E-state index in [4.69, 9.17) is 0 Å². The lowest BCUT2D eigenvalue weighted by Crippen LogP contribution is -2.39. The number of rotatable bonds is 9. The minimum atomic E-state index is -0.210. The molecule has 1 heterocycles. The van der Waals surface area contributed by atoms with Gasteiger partial charge in [-0.15, -0.1) is 34.2 Å². The lowest BCUT2D eigenvalue weighted by atomic mass is 10.1. The number of aliphatic imine (C=N–C) groups is 1. The van der Waals surface area contributed by atoms with Gasteiger partial charge in [0.2, 0.25) is 0 Å². The number of aromatic nitrogens is 3. The normalized spacial score (nSPS) is 11.1. The molecule has 2 N–H and O–H groups in total. The predicted octanol–water partition coefficient (Wildman–Crippen LogP) is 3.95. The van der Waals surface area contributed by atoms with Gasteiger partial charge in [0.1, 0.15) is 11.6 Å². The maximum atomic E-state index is 13.9. The van der Waals surface area contributed by atoms with E-state index in [0.29, 0.717) is 24.6 Å². The van der Waals surface area contributed by atoms with E-state index in [1.54, 1.807) is 13.0 Å². The minimum Gasteiger partial charge on any atom is -0.375 e. The fourth-order valence-electron chi connectivity index (χ4n) is 3.18. The Morgan fingerprint density at radius 1 is 1.09 bits per heavy atom. The first-order valence-electron chi connectivity index (χ1n) is 10.8. The van der Waals surface area contributed by atoms with Gasteiger partial charge >= 0.3 is 0 Å². The average Bonchev–Trinajstić information content (AvgIpc) is 3.12. The maximum Gasteiger partial charge on any atom is 0.191 e. The summed E-state index contributed by atoms with van der Waals surface area (Å²) in [7, 11) is 4.02. The summed E-state index contributed by atoms with van der Waals surface area (Å²) in [6.07, 6.45) is 0.939. The molecule has 0 unspecified atom stereocenters. The van der Waals surface area contributed by atoms with E-state index in [-0.39, 0.29) is 29.8 Å². The Balaban J connectivity index is 0.00000385. The molecule has 0 fully saturated rings. The van der Waals surface area contributed by atoms with Crippen LogP contribution < -0.4 is 15.5 Å². The van der Waals surface area contributed by atoms with Crippen molar-refractivity contribution in [3.8, 4) is 0 Å². The second-order valence-electron chi connectivity index (χ2n) is 7.86. The average molecular weight is 565 g/mol. The summed E-state index contributed by atoms with van der Waals surface area (Å²) in [5, 5.41) is 15.0. The van der Waals surface area contributed by atoms with Gasteiger partial charge in [-0.1, -0.05) is 30.3 Å². The number of benzene rings is 2. The number of aryl methyl sites for hydroxylation is 2. The Kier molecular flexibility index (Phi) is 10.6.